The van der Waals surface area contributed by atoms with Crippen molar-refractivity contribution in [2.75, 3.05) is 12.0 Å². The Kier molecular flexibility index (Phi) is 5.25. The van der Waals surface area contributed by atoms with Crippen LogP contribution in [0.2, 0.25) is 10.0 Å². The quantitative estimate of drug-likeness (QED) is 0.521. The maximum atomic E-state index is 11.2. The minimum atomic E-state index is -0.458. The van der Waals surface area contributed by atoms with Crippen LogP contribution in [0.3, 0.4) is 0 Å². The summed E-state index contributed by atoms with van der Waals surface area (Å²) in [6.45, 7) is 3.61. The Morgan fingerprint density at radius 1 is 1.41 bits per heavy atom. The first-order valence-electron chi connectivity index (χ1n) is 4.97. The molecule has 92 valence electrons. The Morgan fingerprint density at radius 2 is 2.12 bits per heavy atom. The van der Waals surface area contributed by atoms with Crippen LogP contribution in [-0.2, 0) is 9.53 Å². The van der Waals surface area contributed by atoms with Gasteiger partial charge in [0, 0.05) is 0 Å². The summed E-state index contributed by atoms with van der Waals surface area (Å²) in [6.07, 6.45) is 0. The number of carbonyl (C=O) groups is 1. The third-order valence-corrected chi connectivity index (χ3v) is 2.58. The maximum absolute atomic E-state index is 11.2. The Morgan fingerprint density at radius 3 is 2.71 bits per heavy atom. The molecule has 0 bridgehead atoms. The number of anilines is 1. The van der Waals surface area contributed by atoms with Crippen molar-refractivity contribution in [1.82, 2.24) is 0 Å². The fraction of sp³-hybridized carbons (Fsp3) is 0.273. The number of ether oxygens (including phenoxy) is 1. The molecule has 0 amide bonds. The molecule has 0 radical (unpaired) electrons. The van der Waals surface area contributed by atoms with Crippen LogP contribution in [0, 0.1) is 0 Å². The standard InChI is InChI=1S/C11H12Cl2N2O2/c1-3-17-11(16)7(2)14-15-8-4-5-9(12)10(13)6-8/h4-6,15H,3H2,1-2H3/b14-7-. The first kappa shape index (κ1) is 13.8. The van der Waals surface area contributed by atoms with Crippen LogP contribution < -0.4 is 5.43 Å². The van der Waals surface area contributed by atoms with E-state index in [4.69, 9.17) is 27.9 Å². The molecule has 0 atom stereocenters. The first-order chi connectivity index (χ1) is 8.04. The van der Waals surface area contributed by atoms with E-state index >= 15 is 0 Å². The van der Waals surface area contributed by atoms with Gasteiger partial charge in [-0.15, -0.1) is 0 Å². The Labute approximate surface area is 110 Å². The fourth-order valence-corrected chi connectivity index (χ4v) is 1.29. The van der Waals surface area contributed by atoms with Gasteiger partial charge >= 0.3 is 5.97 Å². The molecule has 1 aromatic rings. The number of carbonyl (C=O) groups excluding carboxylic acids is 1. The summed E-state index contributed by atoms with van der Waals surface area (Å²) in [7, 11) is 0. The molecule has 17 heavy (non-hydrogen) atoms. The monoisotopic (exact) mass is 274 g/mol. The smallest absolute Gasteiger partial charge is 0.354 e. The predicted octanol–water partition coefficient (Wildman–Crippen LogP) is 3.34. The van der Waals surface area contributed by atoms with Gasteiger partial charge in [0.25, 0.3) is 0 Å². The van der Waals surface area contributed by atoms with Crippen LogP contribution in [0.5, 0.6) is 0 Å². The lowest BCUT2D eigenvalue weighted by Gasteiger charge is -2.04. The number of rotatable bonds is 4. The van der Waals surface area contributed by atoms with E-state index in [0.29, 0.717) is 22.3 Å². The predicted molar refractivity (Wildman–Crippen MR) is 69.8 cm³/mol. The summed E-state index contributed by atoms with van der Waals surface area (Å²) >= 11 is 11.6. The molecule has 4 nitrogen and oxygen atoms in total. The maximum Gasteiger partial charge on any atom is 0.354 e. The molecule has 0 saturated heterocycles. The Balaban J connectivity index is 2.69. The van der Waals surface area contributed by atoms with Gasteiger partial charge in [0.1, 0.15) is 5.71 Å². The van der Waals surface area contributed by atoms with E-state index < -0.39 is 5.97 Å². The number of halogens is 2. The summed E-state index contributed by atoms with van der Waals surface area (Å²) in [6, 6.07) is 4.96. The Bertz CT molecular complexity index is 447. The molecule has 0 fully saturated rings. The molecule has 0 unspecified atom stereocenters. The van der Waals surface area contributed by atoms with Crippen molar-refractivity contribution in [3.05, 3.63) is 28.2 Å². The normalized spacial score (nSPS) is 11.2. The van der Waals surface area contributed by atoms with Crippen LogP contribution in [0.1, 0.15) is 13.8 Å². The van der Waals surface area contributed by atoms with Gasteiger partial charge in [0.2, 0.25) is 0 Å². The molecule has 1 N–H and O–H groups in total. The summed E-state index contributed by atoms with van der Waals surface area (Å²) in [5.74, 6) is -0.458. The second-order valence-electron chi connectivity index (χ2n) is 3.16. The largest absolute Gasteiger partial charge is 0.461 e. The van der Waals surface area contributed by atoms with E-state index in [-0.39, 0.29) is 5.71 Å². The zero-order chi connectivity index (χ0) is 12.8. The third-order valence-electron chi connectivity index (χ3n) is 1.84. The highest BCUT2D eigenvalue weighted by Gasteiger charge is 2.06. The number of esters is 1. The fourth-order valence-electron chi connectivity index (χ4n) is 0.995. The van der Waals surface area contributed by atoms with Crippen LogP contribution in [-0.4, -0.2) is 18.3 Å². The summed E-state index contributed by atoms with van der Waals surface area (Å²) in [5, 5.41) is 4.75. The van der Waals surface area contributed by atoms with Gasteiger partial charge in [-0.05, 0) is 32.0 Å². The number of hydrogen-bond donors (Lipinski definition) is 1. The molecule has 0 aliphatic carbocycles. The lowest BCUT2D eigenvalue weighted by Crippen LogP contribution is -2.15. The van der Waals surface area contributed by atoms with Crippen molar-refractivity contribution < 1.29 is 9.53 Å². The van der Waals surface area contributed by atoms with Gasteiger partial charge in [0.05, 0.1) is 22.3 Å². The summed E-state index contributed by atoms with van der Waals surface area (Å²) in [4.78, 5) is 11.2. The minimum absolute atomic E-state index is 0.234. The molecular weight excluding hydrogens is 263 g/mol. The van der Waals surface area contributed by atoms with E-state index in [1.165, 1.54) is 0 Å². The molecule has 0 aliphatic rings. The average molecular weight is 275 g/mol. The van der Waals surface area contributed by atoms with E-state index in [0.717, 1.165) is 0 Å². The van der Waals surface area contributed by atoms with E-state index in [9.17, 15) is 4.79 Å². The van der Waals surface area contributed by atoms with Gasteiger partial charge in [-0.3, -0.25) is 5.43 Å². The second kappa shape index (κ2) is 6.47. The molecule has 0 aliphatic heterocycles. The molecule has 0 saturated carbocycles. The van der Waals surface area contributed by atoms with Crippen molar-refractivity contribution in [2.24, 2.45) is 5.10 Å². The lowest BCUT2D eigenvalue weighted by atomic mass is 10.3. The molecule has 0 aromatic heterocycles. The summed E-state index contributed by atoms with van der Waals surface area (Å²) < 4.78 is 4.78. The Hall–Kier alpha value is -1.26. The molecule has 1 rings (SSSR count). The van der Waals surface area contributed by atoms with E-state index in [1.807, 2.05) is 0 Å². The molecule has 6 heteroatoms. The number of nitrogens with one attached hydrogen (secondary N) is 1. The van der Waals surface area contributed by atoms with Gasteiger partial charge in [-0.1, -0.05) is 23.2 Å². The minimum Gasteiger partial charge on any atom is -0.461 e. The van der Waals surface area contributed by atoms with Crippen LogP contribution >= 0.6 is 23.2 Å². The van der Waals surface area contributed by atoms with Gasteiger partial charge < -0.3 is 4.74 Å². The number of hydrazone groups is 1. The number of benzene rings is 1. The number of hydrogen-bond acceptors (Lipinski definition) is 4. The number of nitrogens with zero attached hydrogens (tertiary/aromatic N) is 1. The van der Waals surface area contributed by atoms with Gasteiger partial charge in [0.15, 0.2) is 0 Å². The topological polar surface area (TPSA) is 50.7 Å². The molecule has 0 spiro atoms. The van der Waals surface area contributed by atoms with Crippen molar-refractivity contribution in [3.8, 4) is 0 Å². The van der Waals surface area contributed by atoms with Crippen molar-refractivity contribution in [3.63, 3.8) is 0 Å². The average Bonchev–Trinajstić information content (AvgIpc) is 2.30. The van der Waals surface area contributed by atoms with E-state index in [2.05, 4.69) is 10.5 Å². The highest BCUT2D eigenvalue weighted by molar-refractivity contribution is 6.42. The van der Waals surface area contributed by atoms with E-state index in [1.54, 1.807) is 32.0 Å². The third kappa shape index (κ3) is 4.24. The van der Waals surface area contributed by atoms with Crippen molar-refractivity contribution in [1.29, 1.82) is 0 Å². The van der Waals surface area contributed by atoms with Crippen LogP contribution in [0.15, 0.2) is 23.3 Å². The first-order valence-corrected chi connectivity index (χ1v) is 5.72. The summed E-state index contributed by atoms with van der Waals surface area (Å²) in [5.41, 5.74) is 3.57. The van der Waals surface area contributed by atoms with Crippen LogP contribution in [0.25, 0.3) is 0 Å². The van der Waals surface area contributed by atoms with Crippen LogP contribution in [0.4, 0.5) is 5.69 Å². The van der Waals surface area contributed by atoms with Crippen molar-refractivity contribution >= 4 is 40.6 Å². The zero-order valence-electron chi connectivity index (χ0n) is 9.46. The molecular formula is C11H12Cl2N2O2. The van der Waals surface area contributed by atoms with Crippen molar-refractivity contribution in [2.45, 2.75) is 13.8 Å². The highest BCUT2D eigenvalue weighted by atomic mass is 35.5. The molecule has 0 heterocycles. The highest BCUT2D eigenvalue weighted by Crippen LogP contribution is 2.24. The SMILES string of the molecule is CCOC(=O)/C(C)=N\Nc1ccc(Cl)c(Cl)c1. The second-order valence-corrected chi connectivity index (χ2v) is 3.97. The lowest BCUT2D eigenvalue weighted by molar-refractivity contribution is -0.135. The molecule has 1 aromatic carbocycles. The van der Waals surface area contributed by atoms with Gasteiger partial charge in [-0.25, -0.2) is 4.79 Å². The zero-order valence-corrected chi connectivity index (χ0v) is 11.0. The van der Waals surface area contributed by atoms with Gasteiger partial charge in [-0.2, -0.15) is 5.10 Å².